The molecular formula is C14H25N3O3. The number of aliphatic hydroxyl groups excluding tert-OH is 1. The largest absolute Gasteiger partial charge is 0.470 e. The molecule has 0 saturated heterocycles. The van der Waals surface area contributed by atoms with Gasteiger partial charge < -0.3 is 25.6 Å². The van der Waals surface area contributed by atoms with E-state index in [4.69, 9.17) is 20.3 Å². The summed E-state index contributed by atoms with van der Waals surface area (Å²) >= 11 is 0. The molecule has 0 aliphatic heterocycles. The summed E-state index contributed by atoms with van der Waals surface area (Å²) < 4.78 is 10.9. The summed E-state index contributed by atoms with van der Waals surface area (Å²) in [5.41, 5.74) is 6.04. The quantitative estimate of drug-likeness (QED) is 0.629. The first-order valence-electron chi connectivity index (χ1n) is 6.80. The lowest BCUT2D eigenvalue weighted by atomic mass is 10.2. The molecule has 1 aromatic heterocycles. The summed E-state index contributed by atoms with van der Waals surface area (Å²) in [4.78, 5) is 4.35. The normalized spacial score (nSPS) is 11.4. The van der Waals surface area contributed by atoms with Crippen LogP contribution in [0.2, 0.25) is 0 Å². The number of nitrogens with zero attached hydrogens (tertiary/aromatic N) is 1. The Kier molecular flexibility index (Phi) is 6.54. The van der Waals surface area contributed by atoms with Crippen molar-refractivity contribution in [1.29, 1.82) is 0 Å². The van der Waals surface area contributed by atoms with E-state index in [0.29, 0.717) is 24.8 Å². The van der Waals surface area contributed by atoms with Crippen molar-refractivity contribution >= 4 is 11.5 Å². The van der Waals surface area contributed by atoms with Crippen molar-refractivity contribution in [2.24, 2.45) is 0 Å². The van der Waals surface area contributed by atoms with E-state index in [9.17, 15) is 0 Å². The van der Waals surface area contributed by atoms with Crippen LogP contribution in [0.5, 0.6) is 5.88 Å². The van der Waals surface area contributed by atoms with Gasteiger partial charge in [0.2, 0.25) is 5.88 Å². The number of anilines is 2. The van der Waals surface area contributed by atoms with Gasteiger partial charge in [-0.1, -0.05) is 0 Å². The molecule has 0 aliphatic rings. The number of ether oxygens (including phenoxy) is 2. The molecule has 20 heavy (non-hydrogen) atoms. The third kappa shape index (κ3) is 6.58. The van der Waals surface area contributed by atoms with Crippen LogP contribution >= 0.6 is 0 Å². The van der Waals surface area contributed by atoms with Crippen molar-refractivity contribution in [2.75, 3.05) is 37.4 Å². The maximum absolute atomic E-state index is 8.57. The van der Waals surface area contributed by atoms with Gasteiger partial charge in [-0.05, 0) is 39.3 Å². The monoisotopic (exact) mass is 283 g/mol. The van der Waals surface area contributed by atoms with Crippen molar-refractivity contribution in [3.8, 4) is 5.88 Å². The van der Waals surface area contributed by atoms with Crippen LogP contribution in [0.15, 0.2) is 12.1 Å². The van der Waals surface area contributed by atoms with Gasteiger partial charge in [0.05, 0.1) is 18.9 Å². The fraction of sp³-hybridized carbons (Fsp3) is 0.643. The van der Waals surface area contributed by atoms with Crippen LogP contribution < -0.4 is 15.8 Å². The van der Waals surface area contributed by atoms with E-state index in [-0.39, 0.29) is 12.2 Å². The molecule has 0 unspecified atom stereocenters. The Balaban J connectivity index is 2.45. The lowest BCUT2D eigenvalue weighted by molar-refractivity contribution is 0.0921. The molecule has 0 bridgehead atoms. The second-order valence-electron chi connectivity index (χ2n) is 5.42. The van der Waals surface area contributed by atoms with E-state index < -0.39 is 0 Å². The highest BCUT2D eigenvalue weighted by atomic mass is 16.5. The fourth-order valence-electron chi connectivity index (χ4n) is 1.48. The molecule has 1 aromatic rings. The number of nitrogens with two attached hydrogens (primary N) is 1. The van der Waals surface area contributed by atoms with Crippen LogP contribution in [0.25, 0.3) is 0 Å². The Labute approximate surface area is 120 Å². The molecule has 0 atom stereocenters. The third-order valence-electron chi connectivity index (χ3n) is 2.30. The molecule has 0 spiro atoms. The predicted octanol–water partition coefficient (Wildman–Crippen LogP) is 1.65. The average molecular weight is 283 g/mol. The topological polar surface area (TPSA) is 89.6 Å². The third-order valence-corrected chi connectivity index (χ3v) is 2.30. The number of pyridine rings is 1. The number of nitrogen functional groups attached to an aromatic ring is 1. The molecule has 0 radical (unpaired) electrons. The van der Waals surface area contributed by atoms with Gasteiger partial charge in [0.25, 0.3) is 0 Å². The van der Waals surface area contributed by atoms with Crippen molar-refractivity contribution < 1.29 is 14.6 Å². The zero-order valence-corrected chi connectivity index (χ0v) is 12.5. The highest BCUT2D eigenvalue weighted by Crippen LogP contribution is 2.24. The SMILES string of the molecule is CC(C)(C)Oc1nc(NCCCOCCO)ccc1N. The van der Waals surface area contributed by atoms with Gasteiger partial charge in [0.1, 0.15) is 11.4 Å². The molecule has 0 aromatic carbocycles. The second-order valence-corrected chi connectivity index (χ2v) is 5.42. The minimum atomic E-state index is -0.335. The molecule has 6 heteroatoms. The van der Waals surface area contributed by atoms with Gasteiger partial charge in [-0.3, -0.25) is 0 Å². The van der Waals surface area contributed by atoms with Crippen LogP contribution in [0.1, 0.15) is 27.2 Å². The summed E-state index contributed by atoms with van der Waals surface area (Å²) in [7, 11) is 0. The van der Waals surface area contributed by atoms with Crippen molar-refractivity contribution in [3.05, 3.63) is 12.1 Å². The van der Waals surface area contributed by atoms with E-state index >= 15 is 0 Å². The molecular weight excluding hydrogens is 258 g/mol. The van der Waals surface area contributed by atoms with Crippen LogP contribution in [-0.4, -0.2) is 42.1 Å². The molecule has 6 nitrogen and oxygen atoms in total. The van der Waals surface area contributed by atoms with Gasteiger partial charge in [0.15, 0.2) is 0 Å². The lowest BCUT2D eigenvalue weighted by Crippen LogP contribution is -2.24. The molecule has 0 aliphatic carbocycles. The van der Waals surface area contributed by atoms with Gasteiger partial charge in [-0.25, -0.2) is 0 Å². The molecule has 0 saturated carbocycles. The molecule has 1 heterocycles. The first-order valence-corrected chi connectivity index (χ1v) is 6.80. The standard InChI is InChI=1S/C14H25N3O3/c1-14(2,3)20-13-11(15)5-6-12(17-13)16-7-4-9-19-10-8-18/h5-6,18H,4,7-10,15H2,1-3H3,(H,16,17). The van der Waals surface area contributed by atoms with E-state index in [0.717, 1.165) is 18.8 Å². The van der Waals surface area contributed by atoms with Gasteiger partial charge in [0, 0.05) is 13.2 Å². The highest BCUT2D eigenvalue weighted by molar-refractivity contribution is 5.53. The molecule has 0 fully saturated rings. The van der Waals surface area contributed by atoms with Crippen LogP contribution in [0.4, 0.5) is 11.5 Å². The maximum Gasteiger partial charge on any atom is 0.239 e. The summed E-state index contributed by atoms with van der Waals surface area (Å²) in [6, 6.07) is 3.60. The van der Waals surface area contributed by atoms with E-state index in [1.807, 2.05) is 26.8 Å². The number of aliphatic hydroxyl groups is 1. The fourth-order valence-corrected chi connectivity index (χ4v) is 1.48. The Morgan fingerprint density at radius 2 is 2.05 bits per heavy atom. The zero-order valence-electron chi connectivity index (χ0n) is 12.5. The summed E-state index contributed by atoms with van der Waals surface area (Å²) in [5, 5.41) is 11.8. The van der Waals surface area contributed by atoms with Crippen LogP contribution in [0, 0.1) is 0 Å². The summed E-state index contributed by atoms with van der Waals surface area (Å²) in [6.45, 7) is 7.63. The van der Waals surface area contributed by atoms with E-state index in [1.54, 1.807) is 6.07 Å². The minimum Gasteiger partial charge on any atom is -0.470 e. The smallest absolute Gasteiger partial charge is 0.239 e. The zero-order chi connectivity index (χ0) is 15.0. The van der Waals surface area contributed by atoms with Crippen LogP contribution in [-0.2, 0) is 4.74 Å². The summed E-state index contributed by atoms with van der Waals surface area (Å²) in [6.07, 6.45) is 0.835. The van der Waals surface area contributed by atoms with Crippen molar-refractivity contribution in [3.63, 3.8) is 0 Å². The maximum atomic E-state index is 8.57. The molecule has 1 rings (SSSR count). The summed E-state index contributed by atoms with van der Waals surface area (Å²) in [5.74, 6) is 1.17. The van der Waals surface area contributed by atoms with Crippen LogP contribution in [0.3, 0.4) is 0 Å². The lowest BCUT2D eigenvalue weighted by Gasteiger charge is -2.21. The molecule has 114 valence electrons. The second kappa shape index (κ2) is 7.91. The Morgan fingerprint density at radius 3 is 2.70 bits per heavy atom. The van der Waals surface area contributed by atoms with E-state index in [1.165, 1.54) is 0 Å². The van der Waals surface area contributed by atoms with E-state index in [2.05, 4.69) is 10.3 Å². The Bertz CT molecular complexity index is 405. The van der Waals surface area contributed by atoms with Crippen molar-refractivity contribution in [1.82, 2.24) is 4.98 Å². The number of aromatic nitrogens is 1. The number of rotatable bonds is 8. The average Bonchev–Trinajstić information content (AvgIpc) is 2.35. The number of hydrogen-bond acceptors (Lipinski definition) is 6. The first kappa shape index (κ1) is 16.5. The van der Waals surface area contributed by atoms with Gasteiger partial charge in [-0.15, -0.1) is 0 Å². The first-order chi connectivity index (χ1) is 9.42. The van der Waals surface area contributed by atoms with Crippen molar-refractivity contribution in [2.45, 2.75) is 32.8 Å². The Morgan fingerprint density at radius 1 is 1.30 bits per heavy atom. The predicted molar refractivity (Wildman–Crippen MR) is 80.0 cm³/mol. The Hall–Kier alpha value is -1.53. The number of nitrogens with one attached hydrogen (secondary N) is 1. The van der Waals surface area contributed by atoms with Gasteiger partial charge >= 0.3 is 0 Å². The highest BCUT2D eigenvalue weighted by Gasteiger charge is 2.15. The minimum absolute atomic E-state index is 0.0560. The molecule has 4 N–H and O–H groups in total. The number of hydrogen-bond donors (Lipinski definition) is 3. The molecule has 0 amide bonds. The van der Waals surface area contributed by atoms with Gasteiger partial charge in [-0.2, -0.15) is 4.98 Å².